The zero-order valence-electron chi connectivity index (χ0n) is 9.56. The highest BCUT2D eigenvalue weighted by Gasteiger charge is 2.40. The molecule has 1 aromatic heterocycles. The minimum atomic E-state index is 0.403. The molecular formula is C12H18N2OS. The summed E-state index contributed by atoms with van der Waals surface area (Å²) in [6.07, 6.45) is 6.31. The standard InChI is InChI=1S/C12H18N2OS/c1-8(11-6-13-7-16-11)14-10-4-5-15-12(10)9-2-3-9/h6-10,12,14H,2-5H2,1H3. The predicted molar refractivity (Wildman–Crippen MR) is 64.5 cm³/mol. The molecule has 1 aliphatic heterocycles. The van der Waals surface area contributed by atoms with Crippen LogP contribution in [0.2, 0.25) is 0 Å². The molecule has 0 aromatic carbocycles. The Hall–Kier alpha value is -0.450. The van der Waals surface area contributed by atoms with Crippen molar-refractivity contribution in [2.45, 2.75) is 44.4 Å². The smallest absolute Gasteiger partial charge is 0.0794 e. The summed E-state index contributed by atoms with van der Waals surface area (Å²) in [7, 11) is 0. The molecule has 1 saturated carbocycles. The number of nitrogens with one attached hydrogen (secondary N) is 1. The molecule has 3 unspecified atom stereocenters. The third kappa shape index (κ3) is 2.14. The molecule has 0 bridgehead atoms. The van der Waals surface area contributed by atoms with Gasteiger partial charge in [-0.2, -0.15) is 0 Å². The lowest BCUT2D eigenvalue weighted by molar-refractivity contribution is 0.0793. The molecule has 0 spiro atoms. The van der Waals surface area contributed by atoms with Crippen LogP contribution in [0, 0.1) is 5.92 Å². The highest BCUT2D eigenvalue weighted by atomic mass is 32.1. The molecule has 2 aliphatic rings. The van der Waals surface area contributed by atoms with Crippen LogP contribution in [0.3, 0.4) is 0 Å². The zero-order valence-corrected chi connectivity index (χ0v) is 10.4. The Bertz CT molecular complexity index is 337. The summed E-state index contributed by atoms with van der Waals surface area (Å²) >= 11 is 1.73. The van der Waals surface area contributed by atoms with Crippen LogP contribution in [0.5, 0.6) is 0 Å². The first-order valence-electron chi connectivity index (χ1n) is 6.10. The van der Waals surface area contributed by atoms with Gasteiger partial charge in [0.2, 0.25) is 0 Å². The van der Waals surface area contributed by atoms with Gasteiger partial charge in [-0.3, -0.25) is 4.98 Å². The fourth-order valence-corrected chi connectivity index (χ4v) is 3.16. The van der Waals surface area contributed by atoms with Crippen molar-refractivity contribution in [3.05, 3.63) is 16.6 Å². The van der Waals surface area contributed by atoms with Crippen LogP contribution in [-0.4, -0.2) is 23.7 Å². The zero-order chi connectivity index (χ0) is 11.0. The van der Waals surface area contributed by atoms with Gasteiger partial charge in [0.1, 0.15) is 0 Å². The van der Waals surface area contributed by atoms with E-state index in [-0.39, 0.29) is 0 Å². The molecule has 2 heterocycles. The maximum Gasteiger partial charge on any atom is 0.0794 e. The predicted octanol–water partition coefficient (Wildman–Crippen LogP) is 2.36. The maximum atomic E-state index is 5.83. The van der Waals surface area contributed by atoms with Gasteiger partial charge in [-0.1, -0.05) is 0 Å². The molecule has 2 fully saturated rings. The first-order valence-corrected chi connectivity index (χ1v) is 6.98. The summed E-state index contributed by atoms with van der Waals surface area (Å²) in [5.41, 5.74) is 1.90. The summed E-state index contributed by atoms with van der Waals surface area (Å²) in [6, 6.07) is 0.949. The molecule has 3 rings (SSSR count). The van der Waals surface area contributed by atoms with Crippen molar-refractivity contribution in [1.29, 1.82) is 0 Å². The Kier molecular flexibility index (Phi) is 2.96. The van der Waals surface area contributed by atoms with Gasteiger partial charge in [-0.15, -0.1) is 11.3 Å². The molecule has 0 amide bonds. The van der Waals surface area contributed by atoms with Gasteiger partial charge in [0.15, 0.2) is 0 Å². The second kappa shape index (κ2) is 4.43. The summed E-state index contributed by atoms with van der Waals surface area (Å²) in [4.78, 5) is 5.45. The van der Waals surface area contributed by atoms with Crippen LogP contribution in [-0.2, 0) is 4.74 Å². The lowest BCUT2D eigenvalue weighted by Crippen LogP contribution is -2.38. The van der Waals surface area contributed by atoms with E-state index in [0.29, 0.717) is 18.2 Å². The van der Waals surface area contributed by atoms with E-state index in [1.54, 1.807) is 11.3 Å². The normalized spacial score (nSPS) is 31.8. The second-order valence-electron chi connectivity index (χ2n) is 4.86. The van der Waals surface area contributed by atoms with E-state index < -0.39 is 0 Å². The Morgan fingerprint density at radius 1 is 1.50 bits per heavy atom. The van der Waals surface area contributed by atoms with Gasteiger partial charge in [-0.25, -0.2) is 0 Å². The van der Waals surface area contributed by atoms with Crippen molar-refractivity contribution in [3.63, 3.8) is 0 Å². The van der Waals surface area contributed by atoms with Crippen molar-refractivity contribution in [3.8, 4) is 0 Å². The number of nitrogens with zero attached hydrogens (tertiary/aromatic N) is 1. The number of thiazole rings is 1. The van der Waals surface area contributed by atoms with Crippen molar-refractivity contribution < 1.29 is 4.74 Å². The lowest BCUT2D eigenvalue weighted by atomic mass is 10.1. The molecule has 3 nitrogen and oxygen atoms in total. The molecule has 4 heteroatoms. The number of hydrogen-bond donors (Lipinski definition) is 1. The molecule has 3 atom stereocenters. The van der Waals surface area contributed by atoms with Crippen LogP contribution >= 0.6 is 11.3 Å². The molecule has 88 valence electrons. The van der Waals surface area contributed by atoms with Crippen LogP contribution < -0.4 is 5.32 Å². The van der Waals surface area contributed by atoms with Crippen LogP contribution in [0.25, 0.3) is 0 Å². The van der Waals surface area contributed by atoms with Gasteiger partial charge in [0.05, 0.1) is 11.6 Å². The van der Waals surface area contributed by atoms with E-state index in [1.807, 2.05) is 11.7 Å². The van der Waals surface area contributed by atoms with Gasteiger partial charge in [0.25, 0.3) is 0 Å². The molecular weight excluding hydrogens is 220 g/mol. The largest absolute Gasteiger partial charge is 0.376 e. The van der Waals surface area contributed by atoms with E-state index in [0.717, 1.165) is 18.9 Å². The van der Waals surface area contributed by atoms with E-state index in [9.17, 15) is 0 Å². The quantitative estimate of drug-likeness (QED) is 0.874. The van der Waals surface area contributed by atoms with Crippen molar-refractivity contribution in [2.75, 3.05) is 6.61 Å². The first-order chi connectivity index (χ1) is 7.84. The number of rotatable bonds is 4. The van der Waals surface area contributed by atoms with Crippen LogP contribution in [0.4, 0.5) is 0 Å². The van der Waals surface area contributed by atoms with Gasteiger partial charge in [0, 0.05) is 29.8 Å². The summed E-state index contributed by atoms with van der Waals surface area (Å²) in [6.45, 7) is 3.14. The van der Waals surface area contributed by atoms with Crippen molar-refractivity contribution >= 4 is 11.3 Å². The fourth-order valence-electron chi connectivity index (χ4n) is 2.52. The monoisotopic (exact) mass is 238 g/mol. The third-order valence-corrected chi connectivity index (χ3v) is 4.52. The Morgan fingerprint density at radius 3 is 3.06 bits per heavy atom. The topological polar surface area (TPSA) is 34.1 Å². The second-order valence-corrected chi connectivity index (χ2v) is 5.78. The summed E-state index contributed by atoms with van der Waals surface area (Å²) in [5.74, 6) is 0.827. The average Bonchev–Trinajstić information content (AvgIpc) is 2.83. The van der Waals surface area contributed by atoms with Gasteiger partial charge in [-0.05, 0) is 32.1 Å². The molecule has 1 N–H and O–H groups in total. The van der Waals surface area contributed by atoms with E-state index in [2.05, 4.69) is 17.2 Å². The highest BCUT2D eigenvalue weighted by Crippen LogP contribution is 2.39. The van der Waals surface area contributed by atoms with Gasteiger partial charge < -0.3 is 10.1 Å². The third-order valence-electron chi connectivity index (χ3n) is 3.56. The Labute approximate surface area is 100 Å². The van der Waals surface area contributed by atoms with Crippen LogP contribution in [0.1, 0.15) is 37.1 Å². The van der Waals surface area contributed by atoms with E-state index >= 15 is 0 Å². The average molecular weight is 238 g/mol. The maximum absolute atomic E-state index is 5.83. The summed E-state index contributed by atoms with van der Waals surface area (Å²) in [5, 5.41) is 3.70. The van der Waals surface area contributed by atoms with E-state index in [4.69, 9.17) is 4.74 Å². The molecule has 0 radical (unpaired) electrons. The lowest BCUT2D eigenvalue weighted by Gasteiger charge is -2.23. The molecule has 1 aromatic rings. The minimum Gasteiger partial charge on any atom is -0.376 e. The van der Waals surface area contributed by atoms with Crippen molar-refractivity contribution in [2.24, 2.45) is 5.92 Å². The first kappa shape index (κ1) is 10.7. The van der Waals surface area contributed by atoms with Crippen molar-refractivity contribution in [1.82, 2.24) is 10.3 Å². The van der Waals surface area contributed by atoms with Gasteiger partial charge >= 0.3 is 0 Å². The Balaban J connectivity index is 1.61. The number of ether oxygens (including phenoxy) is 1. The minimum absolute atomic E-state index is 0.403. The summed E-state index contributed by atoms with van der Waals surface area (Å²) < 4.78 is 5.83. The number of aromatic nitrogens is 1. The van der Waals surface area contributed by atoms with Crippen LogP contribution in [0.15, 0.2) is 11.7 Å². The highest BCUT2D eigenvalue weighted by molar-refractivity contribution is 7.09. The van der Waals surface area contributed by atoms with E-state index in [1.165, 1.54) is 17.7 Å². The Morgan fingerprint density at radius 2 is 2.38 bits per heavy atom. The fraction of sp³-hybridized carbons (Fsp3) is 0.750. The number of hydrogen-bond acceptors (Lipinski definition) is 4. The molecule has 16 heavy (non-hydrogen) atoms. The molecule has 1 aliphatic carbocycles. The molecule has 1 saturated heterocycles. The SMILES string of the molecule is CC(NC1CCOC1C1CC1)c1cncs1.